The van der Waals surface area contributed by atoms with Crippen LogP contribution in [0.2, 0.25) is 0 Å². The Hall–Kier alpha value is -2.21. The van der Waals surface area contributed by atoms with E-state index in [-0.39, 0.29) is 0 Å². The molecule has 1 rings (SSSR count). The molecule has 0 fully saturated rings. The largest absolute Gasteiger partial charge is 0.493 e. The first-order valence-corrected chi connectivity index (χ1v) is 4.79. The summed E-state index contributed by atoms with van der Waals surface area (Å²) in [7, 11) is 0. The first-order valence-electron chi connectivity index (χ1n) is 4.79. The average Bonchev–Trinajstić information content (AvgIpc) is 2.27. The second-order valence-electron chi connectivity index (χ2n) is 3.05. The smallest absolute Gasteiger partial charge is 0.328 e. The Bertz CT molecular complexity index is 427. The number of rotatable bonds is 5. The first-order chi connectivity index (χ1) is 7.72. The highest BCUT2D eigenvalue weighted by Gasteiger charge is 1.94. The fraction of sp³-hybridized carbons (Fsp3) is 0.154. The summed E-state index contributed by atoms with van der Waals surface area (Å²) >= 11 is 0. The first kappa shape index (κ1) is 11.9. The van der Waals surface area contributed by atoms with Gasteiger partial charge in [0, 0.05) is 12.5 Å². The van der Waals surface area contributed by atoms with E-state index in [1.165, 1.54) is 6.08 Å². The Morgan fingerprint density at radius 2 is 2.38 bits per heavy atom. The number of terminal acetylenes is 1. The lowest BCUT2D eigenvalue weighted by atomic mass is 10.2. The summed E-state index contributed by atoms with van der Waals surface area (Å²) in [6.45, 7) is 0.461. The maximum absolute atomic E-state index is 10.3. The summed E-state index contributed by atoms with van der Waals surface area (Å²) in [6.07, 6.45) is 8.24. The van der Waals surface area contributed by atoms with Crippen molar-refractivity contribution in [3.8, 4) is 18.1 Å². The number of carboxylic acid groups (broad SMARTS) is 1. The van der Waals surface area contributed by atoms with Gasteiger partial charge in [0.05, 0.1) is 6.61 Å². The Morgan fingerprint density at radius 1 is 1.56 bits per heavy atom. The molecule has 1 N–H and O–H groups in total. The molecule has 1 aromatic carbocycles. The van der Waals surface area contributed by atoms with Gasteiger partial charge in [-0.05, 0) is 23.8 Å². The van der Waals surface area contributed by atoms with Crippen molar-refractivity contribution in [2.24, 2.45) is 0 Å². The topological polar surface area (TPSA) is 46.5 Å². The molecule has 0 radical (unpaired) electrons. The van der Waals surface area contributed by atoms with Gasteiger partial charge < -0.3 is 9.84 Å². The zero-order chi connectivity index (χ0) is 11.8. The normalized spacial score (nSPS) is 9.94. The maximum atomic E-state index is 10.3. The van der Waals surface area contributed by atoms with Gasteiger partial charge in [-0.15, -0.1) is 12.3 Å². The van der Waals surface area contributed by atoms with Crippen molar-refractivity contribution >= 4 is 12.0 Å². The van der Waals surface area contributed by atoms with Crippen LogP contribution in [0.15, 0.2) is 30.3 Å². The van der Waals surface area contributed by atoms with Gasteiger partial charge in [-0.2, -0.15) is 0 Å². The van der Waals surface area contributed by atoms with Crippen LogP contribution in [0.25, 0.3) is 6.08 Å². The van der Waals surface area contributed by atoms with Crippen molar-refractivity contribution in [3.05, 3.63) is 35.9 Å². The fourth-order valence-electron chi connectivity index (χ4n) is 1.10. The van der Waals surface area contributed by atoms with Gasteiger partial charge >= 0.3 is 5.97 Å². The number of benzene rings is 1. The molecule has 0 amide bonds. The molecule has 3 nitrogen and oxygen atoms in total. The molecular weight excluding hydrogens is 204 g/mol. The Kier molecular flexibility index (Phi) is 4.68. The molecule has 0 heterocycles. The van der Waals surface area contributed by atoms with E-state index in [9.17, 15) is 4.79 Å². The molecule has 0 bridgehead atoms. The van der Waals surface area contributed by atoms with Gasteiger partial charge in [0.1, 0.15) is 5.75 Å². The SMILES string of the molecule is C#CCCOc1cccc(/C=C/C(=O)O)c1. The third kappa shape index (κ3) is 4.34. The standard InChI is InChI=1S/C13H12O3/c1-2-3-9-16-12-6-4-5-11(10-12)7-8-13(14)15/h1,4-8,10H,3,9H2,(H,14,15)/b8-7+. The van der Waals surface area contributed by atoms with Crippen LogP contribution in [0, 0.1) is 12.3 Å². The minimum absolute atomic E-state index is 0.461. The molecule has 0 aliphatic carbocycles. The molecule has 0 unspecified atom stereocenters. The number of carboxylic acids is 1. The number of aliphatic carboxylic acids is 1. The van der Waals surface area contributed by atoms with Crippen molar-refractivity contribution in [1.29, 1.82) is 0 Å². The molecular formula is C13H12O3. The van der Waals surface area contributed by atoms with Crippen LogP contribution in [0.5, 0.6) is 5.75 Å². The quantitative estimate of drug-likeness (QED) is 0.466. The highest BCUT2D eigenvalue weighted by atomic mass is 16.5. The lowest BCUT2D eigenvalue weighted by molar-refractivity contribution is -0.131. The van der Waals surface area contributed by atoms with Crippen LogP contribution in [-0.4, -0.2) is 17.7 Å². The molecule has 1 aromatic rings. The minimum Gasteiger partial charge on any atom is -0.493 e. The van der Waals surface area contributed by atoms with E-state index < -0.39 is 5.97 Å². The second kappa shape index (κ2) is 6.31. The Balaban J connectivity index is 2.64. The number of hydrogen-bond donors (Lipinski definition) is 1. The molecule has 0 saturated carbocycles. The second-order valence-corrected chi connectivity index (χ2v) is 3.05. The molecule has 0 spiro atoms. The average molecular weight is 216 g/mol. The maximum Gasteiger partial charge on any atom is 0.328 e. The summed E-state index contributed by atoms with van der Waals surface area (Å²) in [4.78, 5) is 10.3. The lowest BCUT2D eigenvalue weighted by Gasteiger charge is -2.04. The summed E-state index contributed by atoms with van der Waals surface area (Å²) in [5.74, 6) is 2.19. The molecule has 0 saturated heterocycles. The van der Waals surface area contributed by atoms with E-state index in [1.807, 2.05) is 0 Å². The zero-order valence-corrected chi connectivity index (χ0v) is 8.72. The van der Waals surface area contributed by atoms with E-state index in [0.717, 1.165) is 11.6 Å². The van der Waals surface area contributed by atoms with Crippen molar-refractivity contribution in [2.45, 2.75) is 6.42 Å². The molecule has 16 heavy (non-hydrogen) atoms. The van der Waals surface area contributed by atoms with Crippen LogP contribution < -0.4 is 4.74 Å². The number of ether oxygens (including phenoxy) is 1. The molecule has 0 aromatic heterocycles. The van der Waals surface area contributed by atoms with Crippen LogP contribution in [0.4, 0.5) is 0 Å². The molecule has 0 aliphatic heterocycles. The third-order valence-corrected chi connectivity index (χ3v) is 1.79. The van der Waals surface area contributed by atoms with Crippen LogP contribution in [0.3, 0.4) is 0 Å². The van der Waals surface area contributed by atoms with Crippen molar-refractivity contribution < 1.29 is 14.6 Å². The zero-order valence-electron chi connectivity index (χ0n) is 8.72. The highest BCUT2D eigenvalue weighted by Crippen LogP contribution is 2.14. The van der Waals surface area contributed by atoms with E-state index in [4.69, 9.17) is 16.3 Å². The van der Waals surface area contributed by atoms with Gasteiger partial charge in [-0.1, -0.05) is 12.1 Å². The van der Waals surface area contributed by atoms with Crippen LogP contribution in [0.1, 0.15) is 12.0 Å². The molecule has 0 atom stereocenters. The highest BCUT2D eigenvalue weighted by molar-refractivity contribution is 5.85. The van der Waals surface area contributed by atoms with E-state index in [1.54, 1.807) is 24.3 Å². The summed E-state index contributed by atoms with van der Waals surface area (Å²) in [5, 5.41) is 8.48. The van der Waals surface area contributed by atoms with Crippen molar-refractivity contribution in [2.75, 3.05) is 6.61 Å². The van der Waals surface area contributed by atoms with Gasteiger partial charge in [-0.3, -0.25) is 0 Å². The molecule has 3 heteroatoms. The van der Waals surface area contributed by atoms with Crippen LogP contribution >= 0.6 is 0 Å². The summed E-state index contributed by atoms with van der Waals surface area (Å²) in [6, 6.07) is 7.16. The summed E-state index contributed by atoms with van der Waals surface area (Å²) < 4.78 is 5.37. The van der Waals surface area contributed by atoms with Crippen LogP contribution in [-0.2, 0) is 4.79 Å². The van der Waals surface area contributed by atoms with E-state index >= 15 is 0 Å². The number of carbonyl (C=O) groups is 1. The van der Waals surface area contributed by atoms with Crippen molar-refractivity contribution in [3.63, 3.8) is 0 Å². The van der Waals surface area contributed by atoms with Gasteiger partial charge in [-0.25, -0.2) is 4.79 Å². The molecule has 0 aliphatic rings. The van der Waals surface area contributed by atoms with Gasteiger partial charge in [0.15, 0.2) is 0 Å². The number of hydrogen-bond acceptors (Lipinski definition) is 2. The van der Waals surface area contributed by atoms with Gasteiger partial charge in [0.25, 0.3) is 0 Å². The minimum atomic E-state index is -0.973. The van der Waals surface area contributed by atoms with E-state index in [0.29, 0.717) is 18.8 Å². The fourth-order valence-corrected chi connectivity index (χ4v) is 1.10. The predicted molar refractivity (Wildman–Crippen MR) is 62.1 cm³/mol. The predicted octanol–water partition coefficient (Wildman–Crippen LogP) is 2.19. The van der Waals surface area contributed by atoms with Gasteiger partial charge in [0.2, 0.25) is 0 Å². The Morgan fingerprint density at radius 3 is 3.06 bits per heavy atom. The Labute approximate surface area is 94.4 Å². The van der Waals surface area contributed by atoms with Crippen molar-refractivity contribution in [1.82, 2.24) is 0 Å². The lowest BCUT2D eigenvalue weighted by Crippen LogP contribution is -1.95. The molecule has 82 valence electrons. The summed E-state index contributed by atoms with van der Waals surface area (Å²) in [5.41, 5.74) is 0.778. The van der Waals surface area contributed by atoms with E-state index in [2.05, 4.69) is 5.92 Å². The third-order valence-electron chi connectivity index (χ3n) is 1.79. The monoisotopic (exact) mass is 216 g/mol.